The molecule has 1 aliphatic heterocycles. The van der Waals surface area contributed by atoms with Gasteiger partial charge in [0.1, 0.15) is 0 Å². The molecule has 0 aromatic heterocycles. The summed E-state index contributed by atoms with van der Waals surface area (Å²) in [5.74, 6) is 0.896. The molecule has 0 amide bonds. The minimum absolute atomic E-state index is 0.120. The van der Waals surface area contributed by atoms with Gasteiger partial charge in [-0.05, 0) is 51.3 Å². The van der Waals surface area contributed by atoms with Crippen LogP contribution < -0.4 is 4.72 Å². The second-order valence-corrected chi connectivity index (χ2v) is 8.49. The molecule has 2 rings (SSSR count). The summed E-state index contributed by atoms with van der Waals surface area (Å²) in [5, 5.41) is 0. The van der Waals surface area contributed by atoms with Crippen LogP contribution in [-0.2, 0) is 10.0 Å². The molecule has 1 aliphatic rings. The second-order valence-electron chi connectivity index (χ2n) is 6.40. The highest BCUT2D eigenvalue weighted by Gasteiger charge is 2.25. The van der Waals surface area contributed by atoms with E-state index in [2.05, 4.69) is 47.7 Å². The fourth-order valence-corrected chi connectivity index (χ4v) is 3.51. The summed E-state index contributed by atoms with van der Waals surface area (Å²) in [6, 6.07) is 8.57. The van der Waals surface area contributed by atoms with E-state index in [1.807, 2.05) is 0 Å². The van der Waals surface area contributed by atoms with Crippen LogP contribution in [0.5, 0.6) is 0 Å². The molecule has 1 atom stereocenters. The SMILES string of the molecule is CCS(=O)(=O)NCC(c1ccc(C)cc1)N1CCC(C)CC1. The monoisotopic (exact) mass is 324 g/mol. The predicted octanol–water partition coefficient (Wildman–Crippen LogP) is 2.71. The van der Waals surface area contributed by atoms with Gasteiger partial charge in [0.05, 0.1) is 5.75 Å². The molecule has 0 saturated carbocycles. The zero-order chi connectivity index (χ0) is 16.2. The first-order valence-corrected chi connectivity index (χ1v) is 9.84. The van der Waals surface area contributed by atoms with Gasteiger partial charge in [0.15, 0.2) is 0 Å². The molecule has 0 aliphatic carbocycles. The molecule has 124 valence electrons. The van der Waals surface area contributed by atoms with Crippen molar-refractivity contribution in [3.05, 3.63) is 35.4 Å². The average Bonchev–Trinajstić information content (AvgIpc) is 2.51. The molecular formula is C17H28N2O2S. The molecule has 1 aromatic rings. The number of piperidine rings is 1. The molecule has 0 spiro atoms. The highest BCUT2D eigenvalue weighted by Crippen LogP contribution is 2.26. The van der Waals surface area contributed by atoms with Crippen LogP contribution in [0, 0.1) is 12.8 Å². The van der Waals surface area contributed by atoms with E-state index < -0.39 is 10.0 Å². The van der Waals surface area contributed by atoms with E-state index >= 15 is 0 Å². The van der Waals surface area contributed by atoms with Crippen molar-refractivity contribution >= 4 is 10.0 Å². The van der Waals surface area contributed by atoms with E-state index in [1.54, 1.807) is 6.92 Å². The first-order chi connectivity index (χ1) is 10.4. The van der Waals surface area contributed by atoms with Crippen molar-refractivity contribution in [1.29, 1.82) is 0 Å². The largest absolute Gasteiger partial charge is 0.295 e. The molecule has 22 heavy (non-hydrogen) atoms. The summed E-state index contributed by atoms with van der Waals surface area (Å²) >= 11 is 0. The molecule has 1 aromatic carbocycles. The van der Waals surface area contributed by atoms with Gasteiger partial charge in [0.25, 0.3) is 0 Å². The molecule has 4 nitrogen and oxygen atoms in total. The minimum atomic E-state index is -3.16. The van der Waals surface area contributed by atoms with Crippen LogP contribution in [0.2, 0.25) is 0 Å². The zero-order valence-electron chi connectivity index (χ0n) is 13.9. The Bertz CT molecular complexity index is 561. The Kier molecular flexibility index (Phi) is 6.01. The van der Waals surface area contributed by atoms with Crippen molar-refractivity contribution in [3.8, 4) is 0 Å². The molecule has 1 heterocycles. The van der Waals surface area contributed by atoms with Gasteiger partial charge in [0, 0.05) is 12.6 Å². The average molecular weight is 324 g/mol. The summed E-state index contributed by atoms with van der Waals surface area (Å²) in [6.07, 6.45) is 2.37. The summed E-state index contributed by atoms with van der Waals surface area (Å²) in [4.78, 5) is 2.42. The maximum atomic E-state index is 11.8. The number of hydrogen-bond donors (Lipinski definition) is 1. The van der Waals surface area contributed by atoms with Crippen molar-refractivity contribution in [2.45, 2.75) is 39.7 Å². The van der Waals surface area contributed by atoms with E-state index in [4.69, 9.17) is 0 Å². The Morgan fingerprint density at radius 3 is 2.36 bits per heavy atom. The third kappa shape index (κ3) is 4.80. The first kappa shape index (κ1) is 17.4. The lowest BCUT2D eigenvalue weighted by molar-refractivity contribution is 0.139. The predicted molar refractivity (Wildman–Crippen MR) is 91.4 cm³/mol. The molecule has 1 fully saturated rings. The minimum Gasteiger partial charge on any atom is -0.295 e. The summed E-state index contributed by atoms with van der Waals surface area (Å²) in [7, 11) is -3.16. The number of nitrogens with zero attached hydrogens (tertiary/aromatic N) is 1. The lowest BCUT2D eigenvalue weighted by Gasteiger charge is -2.37. The maximum absolute atomic E-state index is 11.8. The Hall–Kier alpha value is -0.910. The molecule has 0 bridgehead atoms. The molecular weight excluding hydrogens is 296 g/mol. The van der Waals surface area contributed by atoms with E-state index in [1.165, 1.54) is 24.0 Å². The van der Waals surface area contributed by atoms with E-state index in [-0.39, 0.29) is 11.8 Å². The Morgan fingerprint density at radius 2 is 1.82 bits per heavy atom. The van der Waals surface area contributed by atoms with Gasteiger partial charge in [-0.2, -0.15) is 0 Å². The van der Waals surface area contributed by atoms with Crippen LogP contribution in [0.25, 0.3) is 0 Å². The number of rotatable bonds is 6. The molecule has 1 N–H and O–H groups in total. The number of hydrogen-bond acceptors (Lipinski definition) is 3. The number of nitrogens with one attached hydrogen (secondary N) is 1. The fraction of sp³-hybridized carbons (Fsp3) is 0.647. The molecule has 1 saturated heterocycles. The molecule has 0 radical (unpaired) electrons. The Morgan fingerprint density at radius 1 is 1.23 bits per heavy atom. The van der Waals surface area contributed by atoms with Gasteiger partial charge in [-0.1, -0.05) is 36.8 Å². The van der Waals surface area contributed by atoms with Crippen LogP contribution in [0.1, 0.15) is 43.9 Å². The van der Waals surface area contributed by atoms with Gasteiger partial charge in [-0.25, -0.2) is 13.1 Å². The smallest absolute Gasteiger partial charge is 0.211 e. The lowest BCUT2D eigenvalue weighted by Crippen LogP contribution is -2.42. The second kappa shape index (κ2) is 7.57. The van der Waals surface area contributed by atoms with E-state index in [0.29, 0.717) is 6.54 Å². The number of likely N-dealkylation sites (tertiary alicyclic amines) is 1. The van der Waals surface area contributed by atoms with Crippen molar-refractivity contribution in [1.82, 2.24) is 9.62 Å². The third-order valence-electron chi connectivity index (χ3n) is 4.60. The highest BCUT2D eigenvalue weighted by atomic mass is 32.2. The van der Waals surface area contributed by atoms with Gasteiger partial charge >= 0.3 is 0 Å². The van der Waals surface area contributed by atoms with Crippen LogP contribution in [0.15, 0.2) is 24.3 Å². The van der Waals surface area contributed by atoms with Gasteiger partial charge in [0.2, 0.25) is 10.0 Å². The standard InChI is InChI=1S/C17H28N2O2S/c1-4-22(20,21)18-13-17(16-7-5-14(2)6-8-16)19-11-9-15(3)10-12-19/h5-8,15,17-18H,4,9-13H2,1-3H3. The number of sulfonamides is 1. The third-order valence-corrected chi connectivity index (χ3v) is 5.96. The van der Waals surface area contributed by atoms with E-state index in [9.17, 15) is 8.42 Å². The molecule has 1 unspecified atom stereocenters. The van der Waals surface area contributed by atoms with Gasteiger partial charge in [-0.15, -0.1) is 0 Å². The van der Waals surface area contributed by atoms with Crippen LogP contribution >= 0.6 is 0 Å². The number of benzene rings is 1. The van der Waals surface area contributed by atoms with Crippen LogP contribution in [0.3, 0.4) is 0 Å². The summed E-state index contributed by atoms with van der Waals surface area (Å²) < 4.78 is 26.3. The van der Waals surface area contributed by atoms with Crippen LogP contribution in [0.4, 0.5) is 0 Å². The highest BCUT2D eigenvalue weighted by molar-refractivity contribution is 7.89. The topological polar surface area (TPSA) is 49.4 Å². The zero-order valence-corrected chi connectivity index (χ0v) is 14.7. The van der Waals surface area contributed by atoms with Crippen molar-refractivity contribution in [2.75, 3.05) is 25.4 Å². The Labute approximate surface area is 135 Å². The van der Waals surface area contributed by atoms with E-state index in [0.717, 1.165) is 19.0 Å². The quantitative estimate of drug-likeness (QED) is 0.875. The number of aryl methyl sites for hydroxylation is 1. The van der Waals surface area contributed by atoms with Crippen molar-refractivity contribution in [2.24, 2.45) is 5.92 Å². The lowest BCUT2D eigenvalue weighted by atomic mass is 9.95. The summed E-state index contributed by atoms with van der Waals surface area (Å²) in [6.45, 7) is 8.56. The van der Waals surface area contributed by atoms with Crippen molar-refractivity contribution in [3.63, 3.8) is 0 Å². The fourth-order valence-electron chi connectivity index (χ4n) is 2.89. The Balaban J connectivity index is 2.15. The van der Waals surface area contributed by atoms with Crippen molar-refractivity contribution < 1.29 is 8.42 Å². The maximum Gasteiger partial charge on any atom is 0.211 e. The van der Waals surface area contributed by atoms with Crippen LogP contribution in [-0.4, -0.2) is 38.7 Å². The summed E-state index contributed by atoms with van der Waals surface area (Å²) in [5.41, 5.74) is 2.42. The van der Waals surface area contributed by atoms with Gasteiger partial charge in [-0.3, -0.25) is 4.90 Å². The normalized spacial score (nSPS) is 19.2. The first-order valence-electron chi connectivity index (χ1n) is 8.19. The van der Waals surface area contributed by atoms with Gasteiger partial charge < -0.3 is 0 Å². The molecule has 5 heteroatoms.